The zero-order valence-corrected chi connectivity index (χ0v) is 14.6. The molecule has 0 aliphatic rings. The Morgan fingerprint density at radius 2 is 1.88 bits per heavy atom. The molecule has 0 radical (unpaired) electrons. The Kier molecular flexibility index (Phi) is 5.58. The summed E-state index contributed by atoms with van der Waals surface area (Å²) in [7, 11) is 0. The SMILES string of the molecule is CCCCNC(=O)c1nc(C(=O)NCc2ccncc2)c2ccccn12. The Hall–Kier alpha value is -3.22. The van der Waals surface area contributed by atoms with Crippen LogP contribution in [0.25, 0.3) is 5.52 Å². The number of imidazole rings is 1. The largest absolute Gasteiger partial charge is 0.349 e. The van der Waals surface area contributed by atoms with E-state index in [0.29, 0.717) is 18.6 Å². The Balaban J connectivity index is 1.81. The van der Waals surface area contributed by atoms with Gasteiger partial charge in [-0.05, 0) is 36.2 Å². The van der Waals surface area contributed by atoms with Crippen molar-refractivity contribution in [2.45, 2.75) is 26.3 Å². The Labute approximate surface area is 151 Å². The highest BCUT2D eigenvalue weighted by Gasteiger charge is 2.21. The normalized spacial score (nSPS) is 10.7. The third kappa shape index (κ3) is 3.88. The van der Waals surface area contributed by atoms with Crippen molar-refractivity contribution in [1.29, 1.82) is 0 Å². The molecule has 7 nitrogen and oxygen atoms in total. The molecule has 0 unspecified atom stereocenters. The van der Waals surface area contributed by atoms with Gasteiger partial charge in [-0.1, -0.05) is 19.4 Å². The minimum absolute atomic E-state index is 0.214. The fourth-order valence-electron chi connectivity index (χ4n) is 2.59. The summed E-state index contributed by atoms with van der Waals surface area (Å²) in [5, 5.41) is 5.68. The van der Waals surface area contributed by atoms with Gasteiger partial charge in [0.15, 0.2) is 5.69 Å². The number of nitrogens with one attached hydrogen (secondary N) is 2. The van der Waals surface area contributed by atoms with E-state index in [9.17, 15) is 9.59 Å². The second-order valence-corrected chi connectivity index (χ2v) is 5.89. The summed E-state index contributed by atoms with van der Waals surface area (Å²) < 4.78 is 1.64. The lowest BCUT2D eigenvalue weighted by atomic mass is 10.2. The van der Waals surface area contributed by atoms with E-state index in [2.05, 4.69) is 27.5 Å². The minimum atomic E-state index is -0.321. The van der Waals surface area contributed by atoms with Gasteiger partial charge in [-0.15, -0.1) is 0 Å². The second-order valence-electron chi connectivity index (χ2n) is 5.89. The zero-order chi connectivity index (χ0) is 18.4. The summed E-state index contributed by atoms with van der Waals surface area (Å²) in [6, 6.07) is 9.05. The number of fused-ring (bicyclic) bond motifs is 1. The summed E-state index contributed by atoms with van der Waals surface area (Å²) in [4.78, 5) is 33.3. The van der Waals surface area contributed by atoms with E-state index >= 15 is 0 Å². The first-order valence-corrected chi connectivity index (χ1v) is 8.63. The molecule has 26 heavy (non-hydrogen) atoms. The Morgan fingerprint density at radius 3 is 2.65 bits per heavy atom. The van der Waals surface area contributed by atoms with Crippen LogP contribution in [0, 0.1) is 0 Å². The molecule has 0 spiro atoms. The number of nitrogens with zero attached hydrogens (tertiary/aromatic N) is 3. The third-order valence-electron chi connectivity index (χ3n) is 3.98. The summed E-state index contributed by atoms with van der Waals surface area (Å²) in [5.74, 6) is -0.392. The molecule has 3 rings (SSSR count). The number of aromatic nitrogens is 3. The lowest BCUT2D eigenvalue weighted by molar-refractivity contribution is 0.0942. The van der Waals surface area contributed by atoms with Crippen molar-refractivity contribution in [3.05, 3.63) is 66.0 Å². The average Bonchev–Trinajstić information content (AvgIpc) is 3.07. The van der Waals surface area contributed by atoms with Gasteiger partial charge in [0.2, 0.25) is 5.82 Å². The lowest BCUT2D eigenvalue weighted by Crippen LogP contribution is -2.27. The molecule has 0 aromatic carbocycles. The van der Waals surface area contributed by atoms with Crippen LogP contribution in [0.5, 0.6) is 0 Å². The maximum atomic E-state index is 12.6. The molecule has 0 bridgehead atoms. The standard InChI is InChI=1S/C19H21N5O2/c1-2-3-9-21-19(26)17-23-16(15-6-4-5-12-24(15)17)18(25)22-13-14-7-10-20-11-8-14/h4-8,10-12H,2-3,9,13H2,1H3,(H,21,26)(H,22,25). The topological polar surface area (TPSA) is 88.4 Å². The van der Waals surface area contributed by atoms with E-state index in [4.69, 9.17) is 0 Å². The van der Waals surface area contributed by atoms with Gasteiger partial charge in [0, 0.05) is 31.7 Å². The van der Waals surface area contributed by atoms with Crippen molar-refractivity contribution in [3.8, 4) is 0 Å². The molecule has 7 heteroatoms. The average molecular weight is 351 g/mol. The van der Waals surface area contributed by atoms with Crippen molar-refractivity contribution in [2.75, 3.05) is 6.54 Å². The summed E-state index contributed by atoms with van der Waals surface area (Å²) >= 11 is 0. The van der Waals surface area contributed by atoms with Crippen molar-refractivity contribution >= 4 is 17.3 Å². The first kappa shape index (κ1) is 17.6. The van der Waals surface area contributed by atoms with E-state index in [1.54, 1.807) is 35.1 Å². The molecule has 2 N–H and O–H groups in total. The Morgan fingerprint density at radius 1 is 1.08 bits per heavy atom. The molecule has 3 aromatic rings. The predicted molar refractivity (Wildman–Crippen MR) is 97.8 cm³/mol. The van der Waals surface area contributed by atoms with Gasteiger partial charge in [0.05, 0.1) is 5.52 Å². The number of amides is 2. The van der Waals surface area contributed by atoms with Crippen molar-refractivity contribution in [1.82, 2.24) is 25.0 Å². The van der Waals surface area contributed by atoms with Crippen LogP contribution in [-0.2, 0) is 6.54 Å². The molecule has 3 aromatic heterocycles. The third-order valence-corrected chi connectivity index (χ3v) is 3.98. The molecule has 0 atom stereocenters. The molecule has 0 fully saturated rings. The molecule has 3 heterocycles. The molecule has 0 saturated carbocycles. The lowest BCUT2D eigenvalue weighted by Gasteiger charge is -2.03. The second kappa shape index (κ2) is 8.24. The van der Waals surface area contributed by atoms with Gasteiger partial charge in [0.1, 0.15) is 0 Å². The predicted octanol–water partition coefficient (Wildman–Crippen LogP) is 2.19. The molecule has 2 amide bonds. The molecule has 0 saturated heterocycles. The zero-order valence-electron chi connectivity index (χ0n) is 14.6. The maximum absolute atomic E-state index is 12.6. The molecule has 134 valence electrons. The number of carbonyl (C=O) groups is 2. The van der Waals surface area contributed by atoms with Gasteiger partial charge in [0.25, 0.3) is 11.8 Å². The van der Waals surface area contributed by atoms with Gasteiger partial charge >= 0.3 is 0 Å². The summed E-state index contributed by atoms with van der Waals surface area (Å²) in [6.45, 7) is 3.01. The first-order chi connectivity index (χ1) is 12.7. The fourth-order valence-corrected chi connectivity index (χ4v) is 2.59. The molecular weight excluding hydrogens is 330 g/mol. The highest BCUT2D eigenvalue weighted by molar-refractivity contribution is 6.02. The molecular formula is C19H21N5O2. The monoisotopic (exact) mass is 351 g/mol. The van der Waals surface area contributed by atoms with E-state index in [1.807, 2.05) is 18.2 Å². The van der Waals surface area contributed by atoms with Crippen LogP contribution in [0.4, 0.5) is 0 Å². The van der Waals surface area contributed by atoms with Crippen LogP contribution >= 0.6 is 0 Å². The number of hydrogen-bond acceptors (Lipinski definition) is 4. The summed E-state index contributed by atoms with van der Waals surface area (Å²) in [6.07, 6.45) is 6.97. The number of carbonyl (C=O) groups excluding carboxylic acids is 2. The van der Waals surface area contributed by atoms with E-state index < -0.39 is 0 Å². The minimum Gasteiger partial charge on any atom is -0.349 e. The van der Waals surface area contributed by atoms with Gasteiger partial charge in [-0.3, -0.25) is 19.0 Å². The number of pyridine rings is 2. The van der Waals surface area contributed by atoms with Crippen LogP contribution < -0.4 is 10.6 Å². The van der Waals surface area contributed by atoms with Crippen LogP contribution in [0.1, 0.15) is 46.4 Å². The van der Waals surface area contributed by atoms with Crippen LogP contribution in [-0.4, -0.2) is 32.7 Å². The highest BCUT2D eigenvalue weighted by Crippen LogP contribution is 2.13. The Bertz CT molecular complexity index is 905. The number of unbranched alkanes of at least 4 members (excludes halogenated alkanes) is 1. The van der Waals surface area contributed by atoms with Gasteiger partial charge in [-0.25, -0.2) is 4.98 Å². The van der Waals surface area contributed by atoms with Crippen LogP contribution in [0.2, 0.25) is 0 Å². The van der Waals surface area contributed by atoms with Gasteiger partial charge < -0.3 is 10.6 Å². The van der Waals surface area contributed by atoms with Gasteiger partial charge in [-0.2, -0.15) is 0 Å². The molecule has 0 aliphatic heterocycles. The van der Waals surface area contributed by atoms with E-state index in [1.165, 1.54) is 0 Å². The van der Waals surface area contributed by atoms with E-state index in [0.717, 1.165) is 18.4 Å². The van der Waals surface area contributed by atoms with Crippen molar-refractivity contribution < 1.29 is 9.59 Å². The number of hydrogen-bond donors (Lipinski definition) is 2. The van der Waals surface area contributed by atoms with Crippen molar-refractivity contribution in [3.63, 3.8) is 0 Å². The highest BCUT2D eigenvalue weighted by atomic mass is 16.2. The first-order valence-electron chi connectivity index (χ1n) is 8.63. The quantitative estimate of drug-likeness (QED) is 0.639. The maximum Gasteiger partial charge on any atom is 0.287 e. The fraction of sp³-hybridized carbons (Fsp3) is 0.263. The molecule has 0 aliphatic carbocycles. The summed E-state index contributed by atoms with van der Waals surface area (Å²) in [5.41, 5.74) is 1.77. The van der Waals surface area contributed by atoms with Crippen molar-refractivity contribution in [2.24, 2.45) is 0 Å². The smallest absolute Gasteiger partial charge is 0.287 e. The van der Waals surface area contributed by atoms with Crippen LogP contribution in [0.3, 0.4) is 0 Å². The van der Waals surface area contributed by atoms with E-state index in [-0.39, 0.29) is 23.3 Å². The van der Waals surface area contributed by atoms with Crippen LogP contribution in [0.15, 0.2) is 48.9 Å². The number of rotatable bonds is 7.